The molecule has 2 aromatic carbocycles. The largest absolute Gasteiger partial charge is 0.496 e. The molecule has 29 heavy (non-hydrogen) atoms. The molecule has 0 aliphatic heterocycles. The number of rotatable bonds is 9. The highest BCUT2D eigenvalue weighted by Crippen LogP contribution is 2.30. The second-order valence-corrected chi connectivity index (χ2v) is 7.86. The predicted molar refractivity (Wildman–Crippen MR) is 108 cm³/mol. The number of carbonyl (C=O) groups is 1. The number of hydrazone groups is 1. The van der Waals surface area contributed by atoms with Crippen LogP contribution < -0.4 is 19.6 Å². The third-order valence-electron chi connectivity index (χ3n) is 3.96. The smallest absolute Gasteiger partial charge is 0.255 e. The molecular weight excluding hydrogens is 398 g/mol. The Hall–Kier alpha value is -3.11. The van der Waals surface area contributed by atoms with Crippen LogP contribution in [-0.4, -0.2) is 59.8 Å². The molecule has 0 fully saturated rings. The number of hydrogen-bond acceptors (Lipinski definition) is 7. The van der Waals surface area contributed by atoms with E-state index in [1.165, 1.54) is 52.8 Å². The molecular formula is C19H23N3O6S. The first kappa shape index (κ1) is 22.2. The molecule has 0 heterocycles. The predicted octanol–water partition coefficient (Wildman–Crippen LogP) is 1.48. The number of likely N-dealkylation sites (N-methyl/N-ethyl adjacent to an activating group) is 1. The van der Waals surface area contributed by atoms with Gasteiger partial charge >= 0.3 is 0 Å². The van der Waals surface area contributed by atoms with Crippen LogP contribution in [0.15, 0.2) is 52.5 Å². The highest BCUT2D eigenvalue weighted by molar-refractivity contribution is 7.89. The highest BCUT2D eigenvalue weighted by Gasteiger charge is 2.24. The van der Waals surface area contributed by atoms with Crippen molar-refractivity contribution >= 4 is 22.1 Å². The first-order chi connectivity index (χ1) is 13.8. The van der Waals surface area contributed by atoms with Crippen molar-refractivity contribution in [2.24, 2.45) is 5.10 Å². The van der Waals surface area contributed by atoms with Crippen LogP contribution in [0.2, 0.25) is 0 Å². The summed E-state index contributed by atoms with van der Waals surface area (Å²) in [6.07, 6.45) is 1.42. The van der Waals surface area contributed by atoms with Crippen LogP contribution in [-0.2, 0) is 14.8 Å². The number of para-hydroxylation sites is 1. The Morgan fingerprint density at radius 3 is 2.34 bits per heavy atom. The molecule has 0 atom stereocenters. The molecule has 0 aliphatic carbocycles. The van der Waals surface area contributed by atoms with Crippen molar-refractivity contribution in [3.05, 3.63) is 48.0 Å². The first-order valence-corrected chi connectivity index (χ1v) is 9.90. The van der Waals surface area contributed by atoms with Crippen molar-refractivity contribution in [2.75, 3.05) is 34.9 Å². The van der Waals surface area contributed by atoms with Crippen LogP contribution in [0.1, 0.15) is 5.56 Å². The van der Waals surface area contributed by atoms with Crippen LogP contribution in [0.25, 0.3) is 0 Å². The summed E-state index contributed by atoms with van der Waals surface area (Å²) in [6.45, 7) is -0.417. The average Bonchev–Trinajstić information content (AvgIpc) is 2.73. The number of ether oxygens (including phenoxy) is 3. The number of hydrogen-bond donors (Lipinski definition) is 1. The van der Waals surface area contributed by atoms with Gasteiger partial charge in [0.05, 0.1) is 39.0 Å². The van der Waals surface area contributed by atoms with Gasteiger partial charge in [0, 0.05) is 18.7 Å². The van der Waals surface area contributed by atoms with Crippen LogP contribution in [0.4, 0.5) is 0 Å². The van der Waals surface area contributed by atoms with Crippen molar-refractivity contribution < 1.29 is 27.4 Å². The molecule has 9 nitrogen and oxygen atoms in total. The summed E-state index contributed by atoms with van der Waals surface area (Å²) in [4.78, 5) is 12.1. The fourth-order valence-electron chi connectivity index (χ4n) is 2.43. The molecule has 0 aromatic heterocycles. The van der Waals surface area contributed by atoms with Crippen molar-refractivity contribution in [3.63, 3.8) is 0 Å². The van der Waals surface area contributed by atoms with Gasteiger partial charge in [-0.05, 0) is 24.3 Å². The third-order valence-corrected chi connectivity index (χ3v) is 5.76. The van der Waals surface area contributed by atoms with Gasteiger partial charge in [-0.3, -0.25) is 4.79 Å². The van der Waals surface area contributed by atoms with Gasteiger partial charge in [-0.25, -0.2) is 13.8 Å². The van der Waals surface area contributed by atoms with Gasteiger partial charge in [0.25, 0.3) is 5.91 Å². The fourth-order valence-corrected chi connectivity index (χ4v) is 3.57. The Balaban J connectivity index is 2.05. The number of benzene rings is 2. The molecule has 10 heteroatoms. The molecule has 0 saturated carbocycles. The van der Waals surface area contributed by atoms with Crippen molar-refractivity contribution in [2.45, 2.75) is 4.90 Å². The molecule has 1 N–H and O–H groups in total. The molecule has 0 radical (unpaired) electrons. The second-order valence-electron chi connectivity index (χ2n) is 5.81. The van der Waals surface area contributed by atoms with E-state index in [0.717, 1.165) is 4.31 Å². The summed E-state index contributed by atoms with van der Waals surface area (Å²) in [5, 5.41) is 3.85. The zero-order chi connectivity index (χ0) is 21.4. The van der Waals surface area contributed by atoms with Gasteiger partial charge in [-0.1, -0.05) is 12.1 Å². The van der Waals surface area contributed by atoms with E-state index in [0.29, 0.717) is 17.1 Å². The minimum Gasteiger partial charge on any atom is -0.496 e. The lowest BCUT2D eigenvalue weighted by Crippen LogP contribution is -2.36. The zero-order valence-corrected chi connectivity index (χ0v) is 17.4. The van der Waals surface area contributed by atoms with Crippen molar-refractivity contribution in [1.29, 1.82) is 0 Å². The van der Waals surface area contributed by atoms with E-state index in [-0.39, 0.29) is 10.6 Å². The van der Waals surface area contributed by atoms with Gasteiger partial charge in [0.15, 0.2) is 11.5 Å². The van der Waals surface area contributed by atoms with E-state index in [4.69, 9.17) is 14.2 Å². The molecule has 0 spiro atoms. The van der Waals surface area contributed by atoms with Crippen molar-refractivity contribution in [1.82, 2.24) is 9.73 Å². The van der Waals surface area contributed by atoms with E-state index in [9.17, 15) is 13.2 Å². The minimum atomic E-state index is -3.91. The van der Waals surface area contributed by atoms with E-state index in [2.05, 4.69) is 10.5 Å². The van der Waals surface area contributed by atoms with Crippen LogP contribution >= 0.6 is 0 Å². The Morgan fingerprint density at radius 1 is 1.03 bits per heavy atom. The topological polar surface area (TPSA) is 107 Å². The van der Waals surface area contributed by atoms with E-state index in [1.54, 1.807) is 18.2 Å². The van der Waals surface area contributed by atoms with Crippen molar-refractivity contribution in [3.8, 4) is 17.2 Å². The maximum absolute atomic E-state index is 12.7. The van der Waals surface area contributed by atoms with Crippen LogP contribution in [0.5, 0.6) is 17.2 Å². The Bertz CT molecular complexity index is 991. The summed E-state index contributed by atoms with van der Waals surface area (Å²) in [7, 11) is 1.77. The minimum absolute atomic E-state index is 0.0250. The lowest BCUT2D eigenvalue weighted by atomic mass is 10.2. The maximum atomic E-state index is 12.7. The van der Waals surface area contributed by atoms with Gasteiger partial charge in [-0.2, -0.15) is 9.41 Å². The number of nitrogens with one attached hydrogen (secondary N) is 1. The molecule has 0 bridgehead atoms. The Labute approximate surface area is 169 Å². The molecule has 0 unspecified atom stereocenters. The lowest BCUT2D eigenvalue weighted by molar-refractivity contribution is -0.121. The van der Waals surface area contributed by atoms with Crippen LogP contribution in [0, 0.1) is 0 Å². The SMILES string of the molecule is COc1ccccc1/C=N\NC(=O)CN(C)S(=O)(=O)c1ccc(OC)c(OC)c1. The van der Waals surface area contributed by atoms with Gasteiger partial charge in [0.2, 0.25) is 10.0 Å². The number of methoxy groups -OCH3 is 3. The quantitative estimate of drug-likeness (QED) is 0.486. The average molecular weight is 421 g/mol. The molecule has 2 aromatic rings. The van der Waals surface area contributed by atoms with Crippen LogP contribution in [0.3, 0.4) is 0 Å². The summed E-state index contributed by atoms with van der Waals surface area (Å²) in [6, 6.07) is 11.3. The summed E-state index contributed by atoms with van der Waals surface area (Å²) < 4.78 is 41.8. The number of carbonyl (C=O) groups excluding carboxylic acids is 1. The second kappa shape index (κ2) is 9.89. The molecule has 0 aliphatic rings. The molecule has 2 rings (SSSR count). The summed E-state index contributed by atoms with van der Waals surface area (Å²) in [5.74, 6) is 0.673. The fraction of sp³-hybridized carbons (Fsp3) is 0.263. The standard InChI is InChI=1S/C19H23N3O6S/c1-22(29(24,25)15-9-10-17(27-3)18(11-15)28-4)13-19(23)21-20-12-14-7-5-6-8-16(14)26-2/h5-12H,13H2,1-4H3,(H,21,23)/b20-12-. The third kappa shape index (κ3) is 5.46. The van der Waals surface area contributed by atoms with E-state index < -0.39 is 22.5 Å². The Morgan fingerprint density at radius 2 is 1.69 bits per heavy atom. The lowest BCUT2D eigenvalue weighted by Gasteiger charge is -2.17. The maximum Gasteiger partial charge on any atom is 0.255 e. The zero-order valence-electron chi connectivity index (χ0n) is 16.6. The van der Waals surface area contributed by atoms with Gasteiger partial charge < -0.3 is 14.2 Å². The first-order valence-electron chi connectivity index (χ1n) is 8.46. The number of sulfonamides is 1. The molecule has 0 saturated heterocycles. The number of nitrogens with zero attached hydrogens (tertiary/aromatic N) is 2. The van der Waals surface area contributed by atoms with Gasteiger partial charge in [0.1, 0.15) is 5.75 Å². The monoisotopic (exact) mass is 421 g/mol. The Kier molecular flexibility index (Phi) is 7.57. The molecule has 1 amide bonds. The van der Waals surface area contributed by atoms with E-state index in [1.807, 2.05) is 6.07 Å². The van der Waals surface area contributed by atoms with E-state index >= 15 is 0 Å². The summed E-state index contributed by atoms with van der Waals surface area (Å²) in [5.41, 5.74) is 2.97. The number of amides is 1. The highest BCUT2D eigenvalue weighted by atomic mass is 32.2. The normalized spacial score (nSPS) is 11.5. The summed E-state index contributed by atoms with van der Waals surface area (Å²) >= 11 is 0. The molecule has 156 valence electrons. The van der Waals surface area contributed by atoms with Gasteiger partial charge in [-0.15, -0.1) is 0 Å².